The van der Waals surface area contributed by atoms with Crippen LogP contribution < -0.4 is 5.32 Å². The van der Waals surface area contributed by atoms with Crippen molar-refractivity contribution in [1.82, 2.24) is 5.32 Å². The Morgan fingerprint density at radius 1 is 1.33 bits per heavy atom. The fourth-order valence-electron chi connectivity index (χ4n) is 1.69. The second-order valence-electron chi connectivity index (χ2n) is 4.03. The van der Waals surface area contributed by atoms with E-state index >= 15 is 0 Å². The van der Waals surface area contributed by atoms with Crippen molar-refractivity contribution in [3.63, 3.8) is 0 Å². The van der Waals surface area contributed by atoms with Crippen LogP contribution in [0.25, 0.3) is 0 Å². The van der Waals surface area contributed by atoms with E-state index in [0.29, 0.717) is 6.61 Å². The molecular formula is C13H17NO4. The molecular weight excluding hydrogens is 234 g/mol. The standard InChI is InChI=1S/C13H17NO4/c1-9(15)14-12(7-13(16)17)11-5-3-10(4-6-11)8-18-2/h3-6,12H,7-8H2,1-2H3,(H,14,15)(H,16,17)/t12-/m1/s1. The third-order valence-corrected chi connectivity index (χ3v) is 2.45. The minimum absolute atomic E-state index is 0.136. The van der Waals surface area contributed by atoms with Gasteiger partial charge in [-0.2, -0.15) is 0 Å². The molecule has 5 heteroatoms. The fourth-order valence-corrected chi connectivity index (χ4v) is 1.69. The number of carbonyl (C=O) groups excluding carboxylic acids is 1. The van der Waals surface area contributed by atoms with Crippen LogP contribution in [0.3, 0.4) is 0 Å². The Hall–Kier alpha value is -1.88. The maximum Gasteiger partial charge on any atom is 0.305 e. The maximum absolute atomic E-state index is 11.1. The number of carboxylic acid groups (broad SMARTS) is 1. The summed E-state index contributed by atoms with van der Waals surface area (Å²) in [6.45, 7) is 1.87. The number of carboxylic acids is 1. The third kappa shape index (κ3) is 4.55. The van der Waals surface area contributed by atoms with Crippen LogP contribution in [-0.4, -0.2) is 24.1 Å². The Labute approximate surface area is 106 Å². The molecule has 0 bridgehead atoms. The number of methoxy groups -OCH3 is 1. The first-order chi connectivity index (χ1) is 8.52. The lowest BCUT2D eigenvalue weighted by Gasteiger charge is -2.16. The quantitative estimate of drug-likeness (QED) is 0.803. The summed E-state index contributed by atoms with van der Waals surface area (Å²) in [5.74, 6) is -1.20. The molecule has 0 fully saturated rings. The highest BCUT2D eigenvalue weighted by Crippen LogP contribution is 2.18. The number of ether oxygens (including phenoxy) is 1. The molecule has 0 radical (unpaired) electrons. The number of benzene rings is 1. The van der Waals surface area contributed by atoms with Crippen molar-refractivity contribution in [2.45, 2.75) is 26.0 Å². The topological polar surface area (TPSA) is 75.6 Å². The van der Waals surface area contributed by atoms with Crippen molar-refractivity contribution in [3.05, 3.63) is 35.4 Å². The largest absolute Gasteiger partial charge is 0.481 e. The molecule has 0 aliphatic heterocycles. The molecule has 0 saturated carbocycles. The summed E-state index contributed by atoms with van der Waals surface area (Å²) in [4.78, 5) is 21.8. The SMILES string of the molecule is COCc1ccc([C@@H](CC(=O)O)NC(C)=O)cc1. The van der Waals surface area contributed by atoms with Crippen molar-refractivity contribution in [3.8, 4) is 0 Å². The van der Waals surface area contributed by atoms with E-state index in [-0.39, 0.29) is 12.3 Å². The van der Waals surface area contributed by atoms with E-state index in [1.165, 1.54) is 6.92 Å². The van der Waals surface area contributed by atoms with Gasteiger partial charge in [0.05, 0.1) is 19.1 Å². The molecule has 1 aromatic carbocycles. The predicted molar refractivity (Wildman–Crippen MR) is 66.0 cm³/mol. The minimum Gasteiger partial charge on any atom is -0.481 e. The maximum atomic E-state index is 11.1. The highest BCUT2D eigenvalue weighted by Gasteiger charge is 2.16. The number of nitrogens with one attached hydrogen (secondary N) is 1. The molecule has 0 saturated heterocycles. The van der Waals surface area contributed by atoms with Gasteiger partial charge in [0.1, 0.15) is 0 Å². The van der Waals surface area contributed by atoms with Gasteiger partial charge >= 0.3 is 5.97 Å². The normalized spacial score (nSPS) is 11.9. The van der Waals surface area contributed by atoms with E-state index < -0.39 is 12.0 Å². The Balaban J connectivity index is 2.83. The average molecular weight is 251 g/mol. The van der Waals surface area contributed by atoms with Crippen LogP contribution in [0.15, 0.2) is 24.3 Å². The lowest BCUT2D eigenvalue weighted by molar-refractivity contribution is -0.137. The molecule has 0 unspecified atom stereocenters. The van der Waals surface area contributed by atoms with E-state index in [4.69, 9.17) is 9.84 Å². The number of rotatable bonds is 6. The van der Waals surface area contributed by atoms with Crippen molar-refractivity contribution in [2.75, 3.05) is 7.11 Å². The van der Waals surface area contributed by atoms with Crippen molar-refractivity contribution >= 4 is 11.9 Å². The molecule has 0 heterocycles. The van der Waals surface area contributed by atoms with Gasteiger partial charge in [-0.05, 0) is 11.1 Å². The first-order valence-corrected chi connectivity index (χ1v) is 5.59. The number of carbonyl (C=O) groups is 2. The third-order valence-electron chi connectivity index (χ3n) is 2.45. The van der Waals surface area contributed by atoms with Crippen LogP contribution in [0.5, 0.6) is 0 Å². The molecule has 1 rings (SSSR count). The summed E-state index contributed by atoms with van der Waals surface area (Å²) in [5, 5.41) is 11.5. The molecule has 1 aromatic rings. The second-order valence-corrected chi connectivity index (χ2v) is 4.03. The van der Waals surface area contributed by atoms with Crippen LogP contribution in [0.1, 0.15) is 30.5 Å². The zero-order chi connectivity index (χ0) is 13.5. The Bertz CT molecular complexity index is 398. The van der Waals surface area contributed by atoms with E-state index in [1.54, 1.807) is 19.2 Å². The lowest BCUT2D eigenvalue weighted by atomic mass is 10.0. The summed E-state index contributed by atoms with van der Waals surface area (Å²) in [7, 11) is 1.61. The van der Waals surface area contributed by atoms with Crippen molar-refractivity contribution in [1.29, 1.82) is 0 Å². The van der Waals surface area contributed by atoms with Gasteiger partial charge in [0.25, 0.3) is 0 Å². The van der Waals surface area contributed by atoms with Gasteiger partial charge in [0.15, 0.2) is 0 Å². The van der Waals surface area contributed by atoms with Gasteiger partial charge < -0.3 is 15.2 Å². The van der Waals surface area contributed by atoms with Crippen molar-refractivity contribution in [2.24, 2.45) is 0 Å². The second kappa shape index (κ2) is 6.76. The summed E-state index contributed by atoms with van der Waals surface area (Å²) in [6.07, 6.45) is -0.136. The van der Waals surface area contributed by atoms with Crippen LogP contribution in [0.2, 0.25) is 0 Å². The summed E-state index contributed by atoms with van der Waals surface area (Å²) in [6, 6.07) is 6.82. The van der Waals surface area contributed by atoms with Crippen LogP contribution in [0.4, 0.5) is 0 Å². The molecule has 1 atom stereocenters. The number of hydrogen-bond acceptors (Lipinski definition) is 3. The highest BCUT2D eigenvalue weighted by atomic mass is 16.5. The van der Waals surface area contributed by atoms with Crippen LogP contribution in [0, 0.1) is 0 Å². The average Bonchev–Trinajstić information content (AvgIpc) is 2.28. The smallest absolute Gasteiger partial charge is 0.305 e. The summed E-state index contributed by atoms with van der Waals surface area (Å²) >= 11 is 0. The molecule has 98 valence electrons. The molecule has 0 aromatic heterocycles. The fraction of sp³-hybridized carbons (Fsp3) is 0.385. The summed E-state index contributed by atoms with van der Waals surface area (Å²) < 4.78 is 4.99. The van der Waals surface area contributed by atoms with E-state index in [9.17, 15) is 9.59 Å². The highest BCUT2D eigenvalue weighted by molar-refractivity contribution is 5.75. The first kappa shape index (κ1) is 14.2. The van der Waals surface area contributed by atoms with Gasteiger partial charge in [0.2, 0.25) is 5.91 Å². The predicted octanol–water partition coefficient (Wildman–Crippen LogP) is 1.48. The molecule has 2 N–H and O–H groups in total. The molecule has 18 heavy (non-hydrogen) atoms. The van der Waals surface area contributed by atoms with Gasteiger partial charge in [-0.3, -0.25) is 9.59 Å². The van der Waals surface area contributed by atoms with Gasteiger partial charge in [0, 0.05) is 14.0 Å². The Kier molecular flexibility index (Phi) is 5.32. The first-order valence-electron chi connectivity index (χ1n) is 5.59. The Morgan fingerprint density at radius 2 is 1.94 bits per heavy atom. The van der Waals surface area contributed by atoms with E-state index in [1.807, 2.05) is 12.1 Å². The van der Waals surface area contributed by atoms with Gasteiger partial charge in [-0.1, -0.05) is 24.3 Å². The van der Waals surface area contributed by atoms with Crippen LogP contribution in [-0.2, 0) is 20.9 Å². The molecule has 0 spiro atoms. The zero-order valence-corrected chi connectivity index (χ0v) is 10.5. The molecule has 0 aliphatic carbocycles. The van der Waals surface area contributed by atoms with Gasteiger partial charge in [-0.15, -0.1) is 0 Å². The van der Waals surface area contributed by atoms with E-state index in [0.717, 1.165) is 11.1 Å². The molecule has 0 aliphatic rings. The minimum atomic E-state index is -0.949. The number of amides is 1. The molecule has 1 amide bonds. The summed E-state index contributed by atoms with van der Waals surface area (Å²) in [5.41, 5.74) is 1.77. The van der Waals surface area contributed by atoms with E-state index in [2.05, 4.69) is 5.32 Å². The van der Waals surface area contributed by atoms with Crippen LogP contribution >= 0.6 is 0 Å². The number of aliphatic carboxylic acids is 1. The molecule has 5 nitrogen and oxygen atoms in total. The van der Waals surface area contributed by atoms with Gasteiger partial charge in [-0.25, -0.2) is 0 Å². The zero-order valence-electron chi connectivity index (χ0n) is 10.5. The Morgan fingerprint density at radius 3 is 2.39 bits per heavy atom. The monoisotopic (exact) mass is 251 g/mol. The van der Waals surface area contributed by atoms with Crippen molar-refractivity contribution < 1.29 is 19.4 Å². The lowest BCUT2D eigenvalue weighted by Crippen LogP contribution is -2.27. The number of hydrogen-bond donors (Lipinski definition) is 2.